The Morgan fingerprint density at radius 3 is 2.52 bits per heavy atom. The molecule has 4 aromatic rings. The van der Waals surface area contributed by atoms with Crippen LogP contribution >= 0.6 is 0 Å². The minimum Gasteiger partial charge on any atom is -0.448 e. The van der Waals surface area contributed by atoms with Gasteiger partial charge >= 0.3 is 0 Å². The Morgan fingerprint density at radius 1 is 1.04 bits per heavy atom. The number of benzene rings is 2. The van der Waals surface area contributed by atoms with Crippen molar-refractivity contribution in [2.45, 2.75) is 13.0 Å². The van der Waals surface area contributed by atoms with E-state index in [1.165, 1.54) is 6.07 Å². The third-order valence-electron chi connectivity index (χ3n) is 4.51. The molecule has 0 bridgehead atoms. The van der Waals surface area contributed by atoms with Gasteiger partial charge in [0.1, 0.15) is 0 Å². The molecule has 0 fully saturated rings. The fourth-order valence-corrected chi connectivity index (χ4v) is 3.14. The highest BCUT2D eigenvalue weighted by molar-refractivity contribution is 5.99. The van der Waals surface area contributed by atoms with Crippen molar-refractivity contribution in [1.82, 2.24) is 10.3 Å². The second-order valence-electron chi connectivity index (χ2n) is 6.24. The van der Waals surface area contributed by atoms with Crippen LogP contribution in [-0.2, 0) is 0 Å². The Morgan fingerprint density at radius 2 is 1.81 bits per heavy atom. The number of furan rings is 1. The highest BCUT2D eigenvalue weighted by Gasteiger charge is 2.24. The Balaban J connectivity index is 1.73. The Labute approximate surface area is 155 Å². The van der Waals surface area contributed by atoms with Gasteiger partial charge in [0.05, 0.1) is 11.7 Å². The van der Waals surface area contributed by atoms with Crippen LogP contribution in [0.4, 0.5) is 4.39 Å². The molecule has 4 rings (SSSR count). The van der Waals surface area contributed by atoms with Crippen molar-refractivity contribution in [2.24, 2.45) is 0 Å². The van der Waals surface area contributed by atoms with Crippen LogP contribution < -0.4 is 5.32 Å². The topological polar surface area (TPSA) is 55.1 Å². The van der Waals surface area contributed by atoms with Gasteiger partial charge in [-0.15, -0.1) is 0 Å². The van der Waals surface area contributed by atoms with Crippen LogP contribution in [0, 0.1) is 12.7 Å². The lowest BCUT2D eigenvalue weighted by atomic mass is 10.0. The number of halogens is 1. The average Bonchev–Trinajstić information content (AvgIpc) is 3.05. The number of hydrogen-bond donors (Lipinski definition) is 1. The van der Waals surface area contributed by atoms with Gasteiger partial charge in [-0.05, 0) is 30.7 Å². The minimum atomic E-state index is -0.487. The SMILES string of the molecule is Cc1c(C(=O)N[C@H](c2ccccc2)c2ccccn2)oc2c(F)cccc12. The number of carbonyl (C=O) groups excluding carboxylic acids is 1. The fraction of sp³-hybridized carbons (Fsp3) is 0.0909. The summed E-state index contributed by atoms with van der Waals surface area (Å²) in [4.78, 5) is 17.3. The molecular formula is C22H17FN2O2. The summed E-state index contributed by atoms with van der Waals surface area (Å²) in [7, 11) is 0. The van der Waals surface area contributed by atoms with Crippen LogP contribution in [0.1, 0.15) is 33.4 Å². The van der Waals surface area contributed by atoms with E-state index in [9.17, 15) is 9.18 Å². The normalized spacial score (nSPS) is 12.1. The van der Waals surface area contributed by atoms with Crippen molar-refractivity contribution in [2.75, 3.05) is 0 Å². The molecule has 0 unspecified atom stereocenters. The number of aromatic nitrogens is 1. The van der Waals surface area contributed by atoms with E-state index >= 15 is 0 Å². The van der Waals surface area contributed by atoms with Crippen LogP contribution in [0.3, 0.4) is 0 Å². The first-order valence-corrected chi connectivity index (χ1v) is 8.59. The first kappa shape index (κ1) is 17.0. The lowest BCUT2D eigenvalue weighted by Gasteiger charge is -2.18. The molecule has 2 heterocycles. The van der Waals surface area contributed by atoms with E-state index in [1.54, 1.807) is 25.3 Å². The quantitative estimate of drug-likeness (QED) is 0.569. The Kier molecular flexibility index (Phi) is 4.42. The average molecular weight is 360 g/mol. The van der Waals surface area contributed by atoms with Crippen molar-refractivity contribution < 1.29 is 13.6 Å². The summed E-state index contributed by atoms with van der Waals surface area (Å²) in [5, 5.41) is 3.56. The highest BCUT2D eigenvalue weighted by Crippen LogP contribution is 2.28. The zero-order valence-corrected chi connectivity index (χ0v) is 14.6. The summed E-state index contributed by atoms with van der Waals surface area (Å²) in [5.41, 5.74) is 2.30. The first-order chi connectivity index (χ1) is 13.1. The Hall–Kier alpha value is -3.47. The predicted octanol–water partition coefficient (Wildman–Crippen LogP) is 4.79. The molecular weight excluding hydrogens is 343 g/mol. The molecule has 1 atom stereocenters. The van der Waals surface area contributed by atoms with Gasteiger partial charge in [0.15, 0.2) is 17.2 Å². The number of nitrogens with zero attached hydrogens (tertiary/aromatic N) is 1. The van der Waals surface area contributed by atoms with E-state index in [0.717, 1.165) is 5.56 Å². The fourth-order valence-electron chi connectivity index (χ4n) is 3.14. The molecule has 1 amide bonds. The number of rotatable bonds is 4. The van der Waals surface area contributed by atoms with Crippen molar-refractivity contribution in [1.29, 1.82) is 0 Å². The molecule has 1 N–H and O–H groups in total. The molecule has 0 aliphatic rings. The van der Waals surface area contributed by atoms with Crippen LogP contribution in [0.5, 0.6) is 0 Å². The number of para-hydroxylation sites is 1. The number of pyridine rings is 1. The maximum Gasteiger partial charge on any atom is 0.288 e. The summed E-state index contributed by atoms with van der Waals surface area (Å²) in [6, 6.07) is 19.3. The number of fused-ring (bicyclic) bond motifs is 1. The standard InChI is InChI=1S/C22H17FN2O2/c1-14-16-10-7-11-17(23)21(16)27-20(14)22(26)25-19(15-8-3-2-4-9-15)18-12-5-6-13-24-18/h2-13,19H,1H3,(H,25,26)/t19-/m1/s1. The zero-order chi connectivity index (χ0) is 18.8. The molecule has 0 aliphatic carbocycles. The van der Waals surface area contributed by atoms with Gasteiger partial charge in [0, 0.05) is 17.1 Å². The summed E-state index contributed by atoms with van der Waals surface area (Å²) >= 11 is 0. The number of carbonyl (C=O) groups is 1. The van der Waals surface area contributed by atoms with Crippen molar-refractivity contribution >= 4 is 16.9 Å². The van der Waals surface area contributed by atoms with E-state index in [4.69, 9.17) is 4.42 Å². The maximum atomic E-state index is 14.0. The van der Waals surface area contributed by atoms with E-state index in [1.807, 2.05) is 48.5 Å². The summed E-state index contributed by atoms with van der Waals surface area (Å²) in [5.74, 6) is -0.798. The Bertz CT molecular complexity index is 1050. The van der Waals surface area contributed by atoms with Crippen molar-refractivity contribution in [3.05, 3.63) is 101 Å². The molecule has 0 radical (unpaired) electrons. The van der Waals surface area contributed by atoms with E-state index < -0.39 is 17.8 Å². The van der Waals surface area contributed by atoms with Crippen LogP contribution in [0.2, 0.25) is 0 Å². The van der Waals surface area contributed by atoms with Crippen LogP contribution in [0.15, 0.2) is 77.3 Å². The first-order valence-electron chi connectivity index (χ1n) is 8.59. The van der Waals surface area contributed by atoms with Crippen LogP contribution in [-0.4, -0.2) is 10.9 Å². The predicted molar refractivity (Wildman–Crippen MR) is 101 cm³/mol. The van der Waals surface area contributed by atoms with Gasteiger partial charge in [-0.25, -0.2) is 4.39 Å². The molecule has 4 nitrogen and oxygen atoms in total. The molecule has 0 spiro atoms. The molecule has 2 aromatic carbocycles. The maximum absolute atomic E-state index is 14.0. The number of aryl methyl sites for hydroxylation is 1. The lowest BCUT2D eigenvalue weighted by molar-refractivity contribution is 0.0915. The van der Waals surface area contributed by atoms with Crippen molar-refractivity contribution in [3.63, 3.8) is 0 Å². The van der Waals surface area contributed by atoms with E-state index in [-0.39, 0.29) is 11.3 Å². The van der Waals surface area contributed by atoms with Gasteiger partial charge in [0.2, 0.25) is 0 Å². The zero-order valence-electron chi connectivity index (χ0n) is 14.6. The third kappa shape index (κ3) is 3.19. The highest BCUT2D eigenvalue weighted by atomic mass is 19.1. The van der Waals surface area contributed by atoms with E-state index in [2.05, 4.69) is 10.3 Å². The number of amides is 1. The third-order valence-corrected chi connectivity index (χ3v) is 4.51. The number of hydrogen-bond acceptors (Lipinski definition) is 3. The van der Waals surface area contributed by atoms with Gasteiger partial charge in [0.25, 0.3) is 5.91 Å². The summed E-state index contributed by atoms with van der Waals surface area (Å²) < 4.78 is 19.6. The van der Waals surface area contributed by atoms with Gasteiger partial charge in [-0.2, -0.15) is 0 Å². The van der Waals surface area contributed by atoms with Gasteiger partial charge in [-0.1, -0.05) is 48.5 Å². The smallest absolute Gasteiger partial charge is 0.288 e. The molecule has 0 aliphatic heterocycles. The molecule has 2 aromatic heterocycles. The molecule has 5 heteroatoms. The summed E-state index contributed by atoms with van der Waals surface area (Å²) in [6.45, 7) is 1.75. The lowest BCUT2D eigenvalue weighted by Crippen LogP contribution is -2.30. The second-order valence-corrected chi connectivity index (χ2v) is 6.24. The monoisotopic (exact) mass is 360 g/mol. The molecule has 134 valence electrons. The number of nitrogens with one attached hydrogen (secondary N) is 1. The minimum absolute atomic E-state index is 0.0919. The van der Waals surface area contributed by atoms with Gasteiger partial charge < -0.3 is 9.73 Å². The second kappa shape index (κ2) is 7.03. The summed E-state index contributed by atoms with van der Waals surface area (Å²) in [6.07, 6.45) is 1.68. The van der Waals surface area contributed by atoms with Crippen molar-refractivity contribution in [3.8, 4) is 0 Å². The molecule has 0 saturated heterocycles. The van der Waals surface area contributed by atoms with Crippen LogP contribution in [0.25, 0.3) is 11.0 Å². The van der Waals surface area contributed by atoms with E-state index in [0.29, 0.717) is 16.6 Å². The largest absolute Gasteiger partial charge is 0.448 e. The molecule has 0 saturated carbocycles. The van der Waals surface area contributed by atoms with Gasteiger partial charge in [-0.3, -0.25) is 9.78 Å². The molecule has 27 heavy (non-hydrogen) atoms.